The van der Waals surface area contributed by atoms with Crippen molar-refractivity contribution in [1.82, 2.24) is 4.90 Å². The Morgan fingerprint density at radius 2 is 1.65 bits per heavy atom. The molecular weight excluding hydrogens is 230 g/mol. The zero-order valence-electron chi connectivity index (χ0n) is 10.1. The number of hydrogen-bond acceptors (Lipinski definition) is 1. The second-order valence-electron chi connectivity index (χ2n) is 5.11. The fraction of sp³-hybridized carbons (Fsp3) is 0.467. The van der Waals surface area contributed by atoms with Gasteiger partial charge < -0.3 is 0 Å². The first-order chi connectivity index (χ1) is 7.88. The van der Waals surface area contributed by atoms with Gasteiger partial charge >= 0.3 is 0 Å². The molecule has 1 aliphatic carbocycles. The lowest BCUT2D eigenvalue weighted by Crippen LogP contribution is -2.27. The molecule has 4 rings (SSSR count). The fourth-order valence-corrected chi connectivity index (χ4v) is 3.38. The van der Waals surface area contributed by atoms with Crippen molar-refractivity contribution in [3.05, 3.63) is 48.0 Å². The van der Waals surface area contributed by atoms with Gasteiger partial charge in [-0.05, 0) is 35.8 Å². The van der Waals surface area contributed by atoms with Crippen molar-refractivity contribution >= 4 is 12.4 Å². The Bertz CT molecular complexity index is 369. The maximum atomic E-state index is 3.86. The first-order valence-electron chi connectivity index (χ1n) is 6.30. The molecule has 2 atom stereocenters. The Labute approximate surface area is 110 Å². The van der Waals surface area contributed by atoms with E-state index in [4.69, 9.17) is 0 Å². The molecular formula is C15H20ClN. The van der Waals surface area contributed by atoms with E-state index in [1.54, 1.807) is 11.1 Å². The van der Waals surface area contributed by atoms with Gasteiger partial charge in [0.05, 0.1) is 0 Å². The van der Waals surface area contributed by atoms with Gasteiger partial charge in [0.25, 0.3) is 0 Å². The van der Waals surface area contributed by atoms with Gasteiger partial charge in [0.15, 0.2) is 0 Å². The van der Waals surface area contributed by atoms with Crippen molar-refractivity contribution in [2.75, 3.05) is 19.6 Å². The second-order valence-corrected chi connectivity index (χ2v) is 5.11. The van der Waals surface area contributed by atoms with E-state index >= 15 is 0 Å². The summed E-state index contributed by atoms with van der Waals surface area (Å²) in [4.78, 5) is 2.56. The highest BCUT2D eigenvalue weighted by Crippen LogP contribution is 2.42. The van der Waals surface area contributed by atoms with Crippen LogP contribution < -0.4 is 0 Å². The monoisotopic (exact) mass is 249 g/mol. The molecule has 0 radical (unpaired) electrons. The number of rotatable bonds is 2. The fourth-order valence-electron chi connectivity index (χ4n) is 3.38. The molecule has 1 fully saturated rings. The largest absolute Gasteiger partial charge is 0.298 e. The van der Waals surface area contributed by atoms with Crippen molar-refractivity contribution in [3.8, 4) is 0 Å². The third-order valence-electron chi connectivity index (χ3n) is 4.08. The van der Waals surface area contributed by atoms with Crippen LogP contribution in [0, 0.1) is 0 Å². The van der Waals surface area contributed by atoms with Gasteiger partial charge in [-0.2, -0.15) is 0 Å². The van der Waals surface area contributed by atoms with Crippen LogP contribution in [-0.2, 0) is 0 Å². The Morgan fingerprint density at radius 3 is 2.12 bits per heavy atom. The van der Waals surface area contributed by atoms with Gasteiger partial charge in [-0.3, -0.25) is 4.90 Å². The predicted octanol–water partition coefficient (Wildman–Crippen LogP) is 3.57. The summed E-state index contributed by atoms with van der Waals surface area (Å²) in [5.41, 5.74) is 3.23. The van der Waals surface area contributed by atoms with Crippen molar-refractivity contribution < 1.29 is 0 Å². The molecule has 2 unspecified atom stereocenters. The number of benzene rings is 1. The molecule has 1 nitrogen and oxygen atoms in total. The standard InChI is InChI=1S/C15H19N.ClH/c1-2-9-16-10-12-7-8-13(11-16)15-6-4-3-5-14(12)15;/h2-6,12-13H,1,7-11H2;1H. The van der Waals surface area contributed by atoms with E-state index in [2.05, 4.69) is 35.7 Å². The van der Waals surface area contributed by atoms with Crippen LogP contribution in [0.4, 0.5) is 0 Å². The van der Waals surface area contributed by atoms with Crippen molar-refractivity contribution in [2.45, 2.75) is 24.7 Å². The van der Waals surface area contributed by atoms with E-state index in [1.807, 2.05) is 6.08 Å². The van der Waals surface area contributed by atoms with E-state index in [9.17, 15) is 0 Å². The van der Waals surface area contributed by atoms with Crippen LogP contribution in [0.2, 0.25) is 0 Å². The third kappa shape index (κ3) is 2.27. The average Bonchev–Trinajstić information content (AvgIpc) is 2.60. The van der Waals surface area contributed by atoms with Gasteiger partial charge in [0, 0.05) is 19.6 Å². The van der Waals surface area contributed by atoms with Crippen LogP contribution in [0.5, 0.6) is 0 Å². The predicted molar refractivity (Wildman–Crippen MR) is 75.0 cm³/mol. The number of fused-ring (bicyclic) bond motifs is 3. The Kier molecular flexibility index (Phi) is 3.90. The first-order valence-corrected chi connectivity index (χ1v) is 6.30. The minimum atomic E-state index is 0. The van der Waals surface area contributed by atoms with Crippen molar-refractivity contribution in [2.24, 2.45) is 0 Å². The first kappa shape index (κ1) is 12.7. The number of halogens is 1. The van der Waals surface area contributed by atoms with E-state index in [-0.39, 0.29) is 12.4 Å². The summed E-state index contributed by atoms with van der Waals surface area (Å²) in [7, 11) is 0. The molecule has 2 heteroatoms. The Hall–Kier alpha value is -0.790. The summed E-state index contributed by atoms with van der Waals surface area (Å²) in [5, 5.41) is 0. The molecule has 1 aromatic rings. The SMILES string of the molecule is C=CCN1CC2CCC(C1)c1ccccc12.Cl. The quantitative estimate of drug-likeness (QED) is 0.725. The van der Waals surface area contributed by atoms with Gasteiger partial charge in [0.1, 0.15) is 0 Å². The molecule has 2 heterocycles. The summed E-state index contributed by atoms with van der Waals surface area (Å²) in [5.74, 6) is 1.52. The van der Waals surface area contributed by atoms with Crippen molar-refractivity contribution in [1.29, 1.82) is 0 Å². The summed E-state index contributed by atoms with van der Waals surface area (Å²) in [6.45, 7) is 7.35. The van der Waals surface area contributed by atoms with Crippen LogP contribution >= 0.6 is 12.4 Å². The number of hydrogen-bond donors (Lipinski definition) is 0. The molecule has 0 saturated carbocycles. The Morgan fingerprint density at radius 1 is 1.12 bits per heavy atom. The normalized spacial score (nSPS) is 26.8. The van der Waals surface area contributed by atoms with Gasteiger partial charge in [-0.15, -0.1) is 19.0 Å². The summed E-state index contributed by atoms with van der Waals surface area (Å²) in [6, 6.07) is 9.06. The topological polar surface area (TPSA) is 3.24 Å². The molecule has 2 aliphatic heterocycles. The number of nitrogens with zero attached hydrogens (tertiary/aromatic N) is 1. The lowest BCUT2D eigenvalue weighted by atomic mass is 9.78. The van der Waals surface area contributed by atoms with Crippen LogP contribution in [-0.4, -0.2) is 24.5 Å². The lowest BCUT2D eigenvalue weighted by molar-refractivity contribution is 0.300. The van der Waals surface area contributed by atoms with E-state index in [0.29, 0.717) is 0 Å². The van der Waals surface area contributed by atoms with E-state index < -0.39 is 0 Å². The molecule has 2 bridgehead atoms. The molecule has 0 spiro atoms. The summed E-state index contributed by atoms with van der Waals surface area (Å²) in [6.07, 6.45) is 4.78. The molecule has 0 N–H and O–H groups in total. The molecule has 0 aromatic heterocycles. The minimum Gasteiger partial charge on any atom is -0.298 e. The molecule has 92 valence electrons. The van der Waals surface area contributed by atoms with Crippen LogP contribution in [0.1, 0.15) is 35.8 Å². The van der Waals surface area contributed by atoms with Gasteiger partial charge in [-0.25, -0.2) is 0 Å². The zero-order valence-corrected chi connectivity index (χ0v) is 11.0. The Balaban J connectivity index is 0.00000108. The van der Waals surface area contributed by atoms with Gasteiger partial charge in [-0.1, -0.05) is 30.3 Å². The second kappa shape index (κ2) is 5.24. The minimum absolute atomic E-state index is 0. The zero-order chi connectivity index (χ0) is 11.0. The molecule has 3 aliphatic rings. The molecule has 0 amide bonds. The lowest BCUT2D eigenvalue weighted by Gasteiger charge is -2.26. The molecule has 17 heavy (non-hydrogen) atoms. The van der Waals surface area contributed by atoms with Crippen LogP contribution in [0.25, 0.3) is 0 Å². The maximum Gasteiger partial charge on any atom is 0.0161 e. The average molecular weight is 250 g/mol. The maximum absolute atomic E-state index is 3.86. The smallest absolute Gasteiger partial charge is 0.0161 e. The highest BCUT2D eigenvalue weighted by molar-refractivity contribution is 5.85. The highest BCUT2D eigenvalue weighted by Gasteiger charge is 2.32. The van der Waals surface area contributed by atoms with Crippen molar-refractivity contribution in [3.63, 3.8) is 0 Å². The molecule has 1 aromatic carbocycles. The summed E-state index contributed by atoms with van der Waals surface area (Å²) >= 11 is 0. The van der Waals surface area contributed by atoms with E-state index in [1.165, 1.54) is 25.9 Å². The third-order valence-corrected chi connectivity index (χ3v) is 4.08. The van der Waals surface area contributed by atoms with Gasteiger partial charge in [0.2, 0.25) is 0 Å². The molecule has 1 saturated heterocycles. The van der Waals surface area contributed by atoms with Crippen LogP contribution in [0.3, 0.4) is 0 Å². The van der Waals surface area contributed by atoms with E-state index in [0.717, 1.165) is 18.4 Å². The highest BCUT2D eigenvalue weighted by atomic mass is 35.5. The van der Waals surface area contributed by atoms with Crippen LogP contribution in [0.15, 0.2) is 36.9 Å². The summed E-state index contributed by atoms with van der Waals surface area (Å²) < 4.78 is 0.